The summed E-state index contributed by atoms with van der Waals surface area (Å²) < 4.78 is 0. The summed E-state index contributed by atoms with van der Waals surface area (Å²) in [6.07, 6.45) is -4.29. The topological polar surface area (TPSA) is 121 Å². The zero-order chi connectivity index (χ0) is 10.9. The molecule has 0 heterocycles. The second-order valence-corrected chi connectivity index (χ2v) is 2.31. The van der Waals surface area contributed by atoms with Gasteiger partial charge in [-0.3, -0.25) is 0 Å². The molecular weight excluding hydrogens is 180 g/mol. The number of hydrogen-bond acceptors (Lipinski definition) is 6. The van der Waals surface area contributed by atoms with E-state index in [4.69, 9.17) is 30.6 Å². The normalized spacial score (nSPS) is 16.8. The highest BCUT2D eigenvalue weighted by Gasteiger charge is 2.22. The van der Waals surface area contributed by atoms with E-state index in [2.05, 4.69) is 0 Å². The third-order valence-electron chi connectivity index (χ3n) is 1.16. The molecule has 0 aliphatic carbocycles. The highest BCUT2D eigenvalue weighted by atomic mass is 16.4. The van der Waals surface area contributed by atoms with Crippen molar-refractivity contribution in [3.05, 3.63) is 0 Å². The van der Waals surface area contributed by atoms with Crippen LogP contribution < -0.4 is 0 Å². The fourth-order valence-electron chi connectivity index (χ4n) is 0.472. The molecule has 82 valence electrons. The van der Waals surface area contributed by atoms with E-state index in [1.807, 2.05) is 0 Å². The SMILES string of the molecule is CCO.OC[C@@H](O)C(O)[C@@H](O)CO. The van der Waals surface area contributed by atoms with Crippen LogP contribution in [0.15, 0.2) is 0 Å². The number of hydrogen-bond donors (Lipinski definition) is 6. The number of rotatable bonds is 4. The minimum absolute atomic E-state index is 0.250. The molecule has 0 fully saturated rings. The summed E-state index contributed by atoms with van der Waals surface area (Å²) in [4.78, 5) is 0. The van der Waals surface area contributed by atoms with Gasteiger partial charge in [-0.2, -0.15) is 0 Å². The Labute approximate surface area is 76.7 Å². The highest BCUT2D eigenvalue weighted by molar-refractivity contribution is 4.73. The molecule has 6 nitrogen and oxygen atoms in total. The average Bonchev–Trinajstić information content (AvgIpc) is 2.15. The monoisotopic (exact) mass is 198 g/mol. The maximum absolute atomic E-state index is 8.77. The minimum Gasteiger partial charge on any atom is -0.397 e. The Morgan fingerprint density at radius 2 is 1.08 bits per heavy atom. The Morgan fingerprint density at radius 3 is 1.23 bits per heavy atom. The zero-order valence-corrected chi connectivity index (χ0v) is 7.54. The lowest BCUT2D eigenvalue weighted by Gasteiger charge is -2.19. The second-order valence-electron chi connectivity index (χ2n) is 2.31. The van der Waals surface area contributed by atoms with Gasteiger partial charge < -0.3 is 30.6 Å². The van der Waals surface area contributed by atoms with Gasteiger partial charge in [0.2, 0.25) is 0 Å². The molecule has 0 spiro atoms. The Balaban J connectivity index is 0. The Morgan fingerprint density at radius 1 is 0.846 bits per heavy atom. The van der Waals surface area contributed by atoms with Crippen LogP contribution >= 0.6 is 0 Å². The molecule has 0 rings (SSSR count). The average molecular weight is 198 g/mol. The summed E-state index contributed by atoms with van der Waals surface area (Å²) in [6, 6.07) is 0. The third kappa shape index (κ3) is 8.10. The first kappa shape index (κ1) is 15.2. The lowest BCUT2D eigenvalue weighted by atomic mass is 10.1. The van der Waals surface area contributed by atoms with Gasteiger partial charge in [-0.25, -0.2) is 0 Å². The lowest BCUT2D eigenvalue weighted by Crippen LogP contribution is -2.41. The van der Waals surface area contributed by atoms with E-state index in [1.165, 1.54) is 0 Å². The molecule has 6 heteroatoms. The second kappa shape index (κ2) is 9.85. The van der Waals surface area contributed by atoms with Crippen molar-refractivity contribution < 1.29 is 30.6 Å². The van der Waals surface area contributed by atoms with Gasteiger partial charge in [0.15, 0.2) is 0 Å². The van der Waals surface area contributed by atoms with Crippen LogP contribution in [0, 0.1) is 0 Å². The van der Waals surface area contributed by atoms with Gasteiger partial charge in [0.05, 0.1) is 13.2 Å². The van der Waals surface area contributed by atoms with Crippen molar-refractivity contribution in [2.75, 3.05) is 19.8 Å². The molecule has 0 radical (unpaired) electrons. The van der Waals surface area contributed by atoms with Crippen LogP contribution in [0.4, 0.5) is 0 Å². The number of aliphatic hydroxyl groups is 6. The molecule has 0 aromatic heterocycles. The first-order chi connectivity index (χ1) is 6.04. The molecule has 0 aliphatic heterocycles. The van der Waals surface area contributed by atoms with Crippen LogP contribution in [-0.2, 0) is 0 Å². The van der Waals surface area contributed by atoms with Gasteiger partial charge in [-0.1, -0.05) is 0 Å². The zero-order valence-electron chi connectivity index (χ0n) is 7.54. The fourth-order valence-corrected chi connectivity index (χ4v) is 0.472. The molecule has 1 unspecified atom stereocenters. The maximum atomic E-state index is 8.77. The first-order valence-corrected chi connectivity index (χ1v) is 3.91. The van der Waals surface area contributed by atoms with E-state index >= 15 is 0 Å². The van der Waals surface area contributed by atoms with Crippen molar-refractivity contribution >= 4 is 0 Å². The quantitative estimate of drug-likeness (QED) is 0.287. The van der Waals surface area contributed by atoms with Crippen LogP contribution in [0.3, 0.4) is 0 Å². The summed E-state index contributed by atoms with van der Waals surface area (Å²) >= 11 is 0. The molecule has 0 saturated carbocycles. The van der Waals surface area contributed by atoms with Crippen molar-refractivity contribution in [2.45, 2.75) is 25.2 Å². The molecule has 0 aliphatic rings. The predicted molar refractivity (Wildman–Crippen MR) is 45.0 cm³/mol. The maximum Gasteiger partial charge on any atom is 0.110 e. The third-order valence-corrected chi connectivity index (χ3v) is 1.16. The van der Waals surface area contributed by atoms with Crippen LogP contribution in [-0.4, -0.2) is 68.8 Å². The Kier molecular flexibility index (Phi) is 11.5. The molecule has 0 aromatic rings. The van der Waals surface area contributed by atoms with Gasteiger partial charge in [-0.15, -0.1) is 0 Å². The standard InChI is InChI=1S/C5H12O5.C2H6O/c6-1-3(8)5(10)4(9)2-7;1-2-3/h3-10H,1-2H2;3H,2H2,1H3/t3-,4+,5?;. The van der Waals surface area contributed by atoms with Crippen molar-refractivity contribution in [3.8, 4) is 0 Å². The van der Waals surface area contributed by atoms with Crippen molar-refractivity contribution in [1.82, 2.24) is 0 Å². The molecule has 0 saturated heterocycles. The van der Waals surface area contributed by atoms with Crippen molar-refractivity contribution in [1.29, 1.82) is 0 Å². The fraction of sp³-hybridized carbons (Fsp3) is 1.00. The van der Waals surface area contributed by atoms with Gasteiger partial charge in [-0.05, 0) is 6.92 Å². The summed E-state index contributed by atoms with van der Waals surface area (Å²) in [5, 5.41) is 50.1. The first-order valence-electron chi connectivity index (χ1n) is 3.91. The molecule has 3 atom stereocenters. The molecule has 13 heavy (non-hydrogen) atoms. The van der Waals surface area contributed by atoms with Crippen LogP contribution in [0.25, 0.3) is 0 Å². The summed E-state index contributed by atoms with van der Waals surface area (Å²) in [5.74, 6) is 0. The molecular formula is C7H18O6. The largest absolute Gasteiger partial charge is 0.397 e. The molecule has 0 bridgehead atoms. The summed E-state index contributed by atoms with van der Waals surface area (Å²) in [7, 11) is 0. The van der Waals surface area contributed by atoms with E-state index < -0.39 is 31.5 Å². The lowest BCUT2D eigenvalue weighted by molar-refractivity contribution is -0.0900. The summed E-state index contributed by atoms with van der Waals surface area (Å²) in [5.41, 5.74) is 0. The number of aliphatic hydroxyl groups excluding tert-OH is 6. The molecule has 0 amide bonds. The van der Waals surface area contributed by atoms with Gasteiger partial charge in [0.25, 0.3) is 0 Å². The smallest absolute Gasteiger partial charge is 0.110 e. The van der Waals surface area contributed by atoms with E-state index in [9.17, 15) is 0 Å². The molecule has 0 aromatic carbocycles. The minimum atomic E-state index is -1.49. The van der Waals surface area contributed by atoms with E-state index in [1.54, 1.807) is 6.92 Å². The van der Waals surface area contributed by atoms with E-state index in [-0.39, 0.29) is 6.61 Å². The van der Waals surface area contributed by atoms with Gasteiger partial charge in [0.1, 0.15) is 18.3 Å². The van der Waals surface area contributed by atoms with Gasteiger partial charge in [0, 0.05) is 6.61 Å². The van der Waals surface area contributed by atoms with E-state index in [0.29, 0.717) is 0 Å². The van der Waals surface area contributed by atoms with Crippen LogP contribution in [0.1, 0.15) is 6.92 Å². The van der Waals surface area contributed by atoms with E-state index in [0.717, 1.165) is 0 Å². The predicted octanol–water partition coefficient (Wildman–Crippen LogP) is -2.95. The van der Waals surface area contributed by atoms with Crippen LogP contribution in [0.5, 0.6) is 0 Å². The summed E-state index contributed by atoms with van der Waals surface area (Å²) in [6.45, 7) is 0.649. The Hall–Kier alpha value is -0.240. The Bertz CT molecular complexity index is 89.0. The molecule has 6 N–H and O–H groups in total. The van der Waals surface area contributed by atoms with Crippen LogP contribution in [0.2, 0.25) is 0 Å². The highest BCUT2D eigenvalue weighted by Crippen LogP contribution is 1.97. The van der Waals surface area contributed by atoms with Crippen molar-refractivity contribution in [3.63, 3.8) is 0 Å². The van der Waals surface area contributed by atoms with Gasteiger partial charge >= 0.3 is 0 Å². The van der Waals surface area contributed by atoms with Crippen molar-refractivity contribution in [2.24, 2.45) is 0 Å².